The summed E-state index contributed by atoms with van der Waals surface area (Å²) in [5.74, 6) is -3.72. The van der Waals surface area contributed by atoms with Crippen molar-refractivity contribution < 1.29 is 23.1 Å². The van der Waals surface area contributed by atoms with Crippen LogP contribution in [0.4, 0.5) is 8.78 Å². The molecule has 0 radical (unpaired) electrons. The topological polar surface area (TPSA) is 112 Å². The summed E-state index contributed by atoms with van der Waals surface area (Å²) in [6, 6.07) is 1.48. The molecule has 3 N–H and O–H groups in total. The molecule has 2 saturated carbocycles. The number of carbonyl (C=O) groups is 2. The highest BCUT2D eigenvalue weighted by Crippen LogP contribution is 2.65. The van der Waals surface area contributed by atoms with Gasteiger partial charge in [0.2, 0.25) is 5.92 Å². The molecule has 2 heterocycles. The lowest BCUT2D eigenvalue weighted by molar-refractivity contribution is -0.212. The van der Waals surface area contributed by atoms with Crippen LogP contribution in [0.2, 0.25) is 0 Å². The van der Waals surface area contributed by atoms with Gasteiger partial charge < -0.3 is 15.8 Å². The highest BCUT2D eigenvalue weighted by Gasteiger charge is 2.65. The van der Waals surface area contributed by atoms with Crippen LogP contribution in [0.5, 0.6) is 0 Å². The minimum Gasteiger partial charge on any atom is -0.378 e. The van der Waals surface area contributed by atoms with E-state index in [0.29, 0.717) is 12.8 Å². The number of fused-ring (bicyclic) bond motifs is 1. The second-order valence-electron chi connectivity index (χ2n) is 8.26. The zero-order valence-electron chi connectivity index (χ0n) is 15.6. The molecule has 2 aliphatic rings. The Balaban J connectivity index is 1.58. The summed E-state index contributed by atoms with van der Waals surface area (Å²) in [5.41, 5.74) is 5.24. The van der Waals surface area contributed by atoms with Crippen molar-refractivity contribution in [2.45, 2.75) is 50.7 Å². The van der Waals surface area contributed by atoms with Gasteiger partial charge in [0, 0.05) is 31.7 Å². The average molecular weight is 393 g/mol. The normalized spacial score (nSPS) is 21.1. The Morgan fingerprint density at radius 1 is 1.32 bits per heavy atom. The molecule has 0 aromatic carbocycles. The van der Waals surface area contributed by atoms with Gasteiger partial charge in [0.1, 0.15) is 17.0 Å². The van der Waals surface area contributed by atoms with E-state index in [1.807, 2.05) is 6.92 Å². The number of aromatic nitrogens is 3. The largest absolute Gasteiger partial charge is 0.378 e. The van der Waals surface area contributed by atoms with Crippen LogP contribution in [-0.4, -0.2) is 45.0 Å². The number of amides is 2. The number of carbonyl (C=O) groups excluding carboxylic acids is 2. The van der Waals surface area contributed by atoms with E-state index in [2.05, 4.69) is 15.4 Å². The molecule has 1 spiro atoms. The van der Waals surface area contributed by atoms with Crippen LogP contribution in [0.1, 0.15) is 59.1 Å². The number of nitrogens with one attached hydrogen (secondary N) is 1. The fourth-order valence-electron chi connectivity index (χ4n) is 4.98. The van der Waals surface area contributed by atoms with Gasteiger partial charge in [-0.1, -0.05) is 0 Å². The second kappa shape index (κ2) is 5.94. The first-order valence-corrected chi connectivity index (χ1v) is 8.93. The van der Waals surface area contributed by atoms with Crippen molar-refractivity contribution in [2.75, 3.05) is 7.11 Å². The molecule has 0 saturated heterocycles. The van der Waals surface area contributed by atoms with E-state index in [0.717, 1.165) is 0 Å². The quantitative estimate of drug-likeness (QED) is 0.803. The number of ether oxygens (including phenoxy) is 1. The number of nitrogens with two attached hydrogens (primary N) is 1. The highest BCUT2D eigenvalue weighted by molar-refractivity contribution is 6.01. The Morgan fingerprint density at radius 3 is 2.57 bits per heavy atom. The molecule has 10 heteroatoms. The van der Waals surface area contributed by atoms with Crippen LogP contribution in [0.15, 0.2) is 12.3 Å². The third kappa shape index (κ3) is 2.92. The second-order valence-corrected chi connectivity index (χ2v) is 8.26. The summed E-state index contributed by atoms with van der Waals surface area (Å²) in [7, 11) is 1.45. The van der Waals surface area contributed by atoms with E-state index in [9.17, 15) is 18.4 Å². The van der Waals surface area contributed by atoms with Crippen LogP contribution in [0.3, 0.4) is 0 Å². The molecule has 8 nitrogen and oxygen atoms in total. The predicted octanol–water partition coefficient (Wildman–Crippen LogP) is 1.67. The van der Waals surface area contributed by atoms with Gasteiger partial charge in [-0.05, 0) is 31.2 Å². The molecule has 2 aromatic heterocycles. The third-order valence-corrected chi connectivity index (χ3v) is 5.56. The molecule has 4 rings (SSSR count). The Hall–Kier alpha value is -2.62. The minimum atomic E-state index is -2.58. The summed E-state index contributed by atoms with van der Waals surface area (Å²) < 4.78 is 32.7. The molecule has 28 heavy (non-hydrogen) atoms. The molecular weight excluding hydrogens is 372 g/mol. The molecular formula is C18H21F2N5O3. The summed E-state index contributed by atoms with van der Waals surface area (Å²) in [6.45, 7) is 1.89. The van der Waals surface area contributed by atoms with Gasteiger partial charge in [0.15, 0.2) is 5.65 Å². The lowest BCUT2D eigenvalue weighted by atomic mass is 9.47. The summed E-state index contributed by atoms with van der Waals surface area (Å²) in [5, 5.41) is 7.18. The number of methoxy groups -OCH3 is 1. The molecule has 0 atom stereocenters. The summed E-state index contributed by atoms with van der Waals surface area (Å²) in [6.07, 6.45) is 2.18. The lowest BCUT2D eigenvalue weighted by Crippen LogP contribution is -2.66. The van der Waals surface area contributed by atoms with Crippen LogP contribution in [0.25, 0.3) is 5.65 Å². The van der Waals surface area contributed by atoms with Crippen molar-refractivity contribution in [1.29, 1.82) is 0 Å². The SMILES string of the molecule is COCc1nn2c(C(=O)NC3(C)CC4(CC(F)(F)C4)C3)ccnc2c1C(N)=O. The van der Waals surface area contributed by atoms with Gasteiger partial charge in [-0.3, -0.25) is 9.59 Å². The zero-order valence-corrected chi connectivity index (χ0v) is 15.6. The van der Waals surface area contributed by atoms with Gasteiger partial charge in [-0.25, -0.2) is 18.3 Å². The van der Waals surface area contributed by atoms with Crippen LogP contribution < -0.4 is 11.1 Å². The first-order valence-electron chi connectivity index (χ1n) is 8.93. The molecule has 2 aliphatic carbocycles. The number of hydrogen-bond acceptors (Lipinski definition) is 5. The Labute approximate surface area is 159 Å². The maximum atomic E-state index is 13.2. The van der Waals surface area contributed by atoms with Gasteiger partial charge in [-0.15, -0.1) is 0 Å². The van der Waals surface area contributed by atoms with Crippen molar-refractivity contribution in [2.24, 2.45) is 11.1 Å². The number of rotatable bonds is 5. The number of primary amides is 1. The fraction of sp³-hybridized carbons (Fsp3) is 0.556. The van der Waals surface area contributed by atoms with Crippen molar-refractivity contribution >= 4 is 17.5 Å². The lowest BCUT2D eigenvalue weighted by Gasteiger charge is -2.62. The van der Waals surface area contributed by atoms with E-state index in [1.54, 1.807) is 0 Å². The van der Waals surface area contributed by atoms with E-state index in [-0.39, 0.29) is 47.5 Å². The van der Waals surface area contributed by atoms with Crippen molar-refractivity contribution in [3.63, 3.8) is 0 Å². The maximum Gasteiger partial charge on any atom is 0.270 e. The third-order valence-electron chi connectivity index (χ3n) is 5.56. The van der Waals surface area contributed by atoms with E-state index < -0.39 is 23.3 Å². The Bertz CT molecular complexity index is 971. The van der Waals surface area contributed by atoms with Gasteiger partial charge in [0.05, 0.1) is 6.61 Å². The molecule has 0 aliphatic heterocycles. The van der Waals surface area contributed by atoms with Crippen LogP contribution in [-0.2, 0) is 11.3 Å². The van der Waals surface area contributed by atoms with Gasteiger partial charge in [-0.2, -0.15) is 5.10 Å². The molecule has 0 unspecified atom stereocenters. The fourth-order valence-corrected chi connectivity index (χ4v) is 4.98. The molecule has 2 aromatic rings. The Morgan fingerprint density at radius 2 is 2.00 bits per heavy atom. The van der Waals surface area contributed by atoms with Crippen LogP contribution >= 0.6 is 0 Å². The highest BCUT2D eigenvalue weighted by atomic mass is 19.3. The minimum absolute atomic E-state index is 0.0388. The first-order chi connectivity index (χ1) is 13.1. The molecule has 150 valence electrons. The average Bonchev–Trinajstić information content (AvgIpc) is 2.89. The smallest absolute Gasteiger partial charge is 0.270 e. The molecule has 0 bridgehead atoms. The van der Waals surface area contributed by atoms with Crippen molar-refractivity contribution in [3.05, 3.63) is 29.2 Å². The molecule has 2 fully saturated rings. The maximum absolute atomic E-state index is 13.2. The van der Waals surface area contributed by atoms with Gasteiger partial charge in [0.25, 0.3) is 11.8 Å². The number of hydrogen-bond donors (Lipinski definition) is 2. The number of nitrogens with zero attached hydrogens (tertiary/aromatic N) is 3. The first kappa shape index (κ1) is 18.7. The number of alkyl halides is 2. The zero-order chi connectivity index (χ0) is 20.3. The van der Waals surface area contributed by atoms with E-state index in [1.165, 1.54) is 23.9 Å². The Kier molecular flexibility index (Phi) is 3.97. The summed E-state index contributed by atoms with van der Waals surface area (Å²) >= 11 is 0. The van der Waals surface area contributed by atoms with Crippen molar-refractivity contribution in [1.82, 2.24) is 19.9 Å². The number of halogens is 2. The van der Waals surface area contributed by atoms with Gasteiger partial charge >= 0.3 is 0 Å². The molecule has 2 amide bonds. The summed E-state index contributed by atoms with van der Waals surface area (Å²) in [4.78, 5) is 28.8. The van der Waals surface area contributed by atoms with E-state index in [4.69, 9.17) is 10.5 Å². The van der Waals surface area contributed by atoms with E-state index >= 15 is 0 Å². The monoisotopic (exact) mass is 393 g/mol. The standard InChI is InChI=1S/C18H21F2N5O3/c1-16(6-17(7-16)8-18(19,20)9-17)23-15(27)11-3-4-22-14-12(13(21)26)10(5-28-2)24-25(11)14/h3-4H,5-9H2,1-2H3,(H2,21,26)(H,23,27). The van der Waals surface area contributed by atoms with Crippen LogP contribution in [0, 0.1) is 5.41 Å². The van der Waals surface area contributed by atoms with Crippen molar-refractivity contribution in [3.8, 4) is 0 Å². The predicted molar refractivity (Wildman–Crippen MR) is 93.9 cm³/mol.